The molecule has 0 atom stereocenters. The van der Waals surface area contributed by atoms with Gasteiger partial charge in [-0.05, 0) is 54.1 Å². The first kappa shape index (κ1) is 22.5. The number of benzene rings is 3. The van der Waals surface area contributed by atoms with Gasteiger partial charge >= 0.3 is 0 Å². The normalized spacial score (nSPS) is 14.0. The van der Waals surface area contributed by atoms with E-state index in [9.17, 15) is 14.0 Å². The first-order chi connectivity index (χ1) is 16.1. The molecule has 1 fully saturated rings. The van der Waals surface area contributed by atoms with Gasteiger partial charge in [0.2, 0.25) is 0 Å². The molecule has 170 valence electrons. The standard InChI is InChI=1S/C26H26FN3O3/c27-22-9-11-24(12-10-22)33-19-25(31)30-15-13-29(14-16-30)18-20-5-4-6-21(17-20)26(32)28-23-7-2-1-3-8-23/h1-12,17H,13-16,18-19H2,(H,28,32). The van der Waals surface area contributed by atoms with Crippen molar-refractivity contribution in [1.82, 2.24) is 9.80 Å². The van der Waals surface area contributed by atoms with Crippen LogP contribution in [0.4, 0.5) is 10.1 Å². The highest BCUT2D eigenvalue weighted by Crippen LogP contribution is 2.14. The highest BCUT2D eigenvalue weighted by atomic mass is 19.1. The summed E-state index contributed by atoms with van der Waals surface area (Å²) in [5.74, 6) is -0.0927. The number of nitrogens with one attached hydrogen (secondary N) is 1. The van der Waals surface area contributed by atoms with E-state index in [4.69, 9.17) is 4.74 Å². The zero-order valence-corrected chi connectivity index (χ0v) is 18.2. The minimum absolute atomic E-state index is 0.0653. The molecule has 7 heteroatoms. The van der Waals surface area contributed by atoms with Crippen molar-refractivity contribution in [3.8, 4) is 5.75 Å². The molecular formula is C26H26FN3O3. The molecule has 1 saturated heterocycles. The van der Waals surface area contributed by atoms with E-state index in [0.29, 0.717) is 30.9 Å². The van der Waals surface area contributed by atoms with Crippen LogP contribution in [0, 0.1) is 5.82 Å². The summed E-state index contributed by atoms with van der Waals surface area (Å²) in [6.07, 6.45) is 0. The molecule has 1 aliphatic rings. The molecule has 0 unspecified atom stereocenters. The van der Waals surface area contributed by atoms with Crippen LogP contribution in [0.2, 0.25) is 0 Å². The third kappa shape index (κ3) is 6.40. The number of anilines is 1. The van der Waals surface area contributed by atoms with Crippen LogP contribution in [0.5, 0.6) is 5.75 Å². The van der Waals surface area contributed by atoms with Crippen molar-refractivity contribution in [3.05, 3.63) is 95.8 Å². The summed E-state index contributed by atoms with van der Waals surface area (Å²) in [5.41, 5.74) is 2.43. The Morgan fingerprint density at radius 3 is 2.33 bits per heavy atom. The number of rotatable bonds is 7. The summed E-state index contributed by atoms with van der Waals surface area (Å²) in [4.78, 5) is 29.0. The zero-order valence-electron chi connectivity index (χ0n) is 18.2. The van der Waals surface area contributed by atoms with Gasteiger partial charge in [0.25, 0.3) is 11.8 Å². The number of nitrogens with zero attached hydrogens (tertiary/aromatic N) is 2. The van der Waals surface area contributed by atoms with Gasteiger partial charge < -0.3 is 15.0 Å². The molecule has 0 bridgehead atoms. The molecule has 1 N–H and O–H groups in total. The number of carbonyl (C=O) groups excluding carboxylic acids is 2. The maximum absolute atomic E-state index is 13.0. The molecule has 0 aromatic heterocycles. The van der Waals surface area contributed by atoms with Crippen LogP contribution in [0.25, 0.3) is 0 Å². The average molecular weight is 448 g/mol. The number of hydrogen-bond donors (Lipinski definition) is 1. The van der Waals surface area contributed by atoms with Crippen LogP contribution < -0.4 is 10.1 Å². The molecule has 4 rings (SSSR count). The Morgan fingerprint density at radius 2 is 1.61 bits per heavy atom. The highest BCUT2D eigenvalue weighted by Gasteiger charge is 2.21. The molecule has 0 radical (unpaired) electrons. The minimum atomic E-state index is -0.341. The Morgan fingerprint density at radius 1 is 0.879 bits per heavy atom. The van der Waals surface area contributed by atoms with Crippen LogP contribution in [0.15, 0.2) is 78.9 Å². The fourth-order valence-electron chi connectivity index (χ4n) is 3.72. The lowest BCUT2D eigenvalue weighted by molar-refractivity contribution is -0.135. The van der Waals surface area contributed by atoms with Gasteiger partial charge in [-0.3, -0.25) is 14.5 Å². The van der Waals surface area contributed by atoms with E-state index in [2.05, 4.69) is 10.2 Å². The van der Waals surface area contributed by atoms with Gasteiger partial charge in [-0.15, -0.1) is 0 Å². The molecular weight excluding hydrogens is 421 g/mol. The zero-order chi connectivity index (χ0) is 23.0. The van der Waals surface area contributed by atoms with E-state index in [1.807, 2.05) is 48.5 Å². The average Bonchev–Trinajstić information content (AvgIpc) is 2.85. The van der Waals surface area contributed by atoms with E-state index in [1.165, 1.54) is 24.3 Å². The number of carbonyl (C=O) groups is 2. The summed E-state index contributed by atoms with van der Waals surface area (Å²) in [6, 6.07) is 22.6. The Hall–Kier alpha value is -3.71. The molecule has 2 amide bonds. The SMILES string of the molecule is O=C(Nc1ccccc1)c1cccc(CN2CCN(C(=O)COc3ccc(F)cc3)CC2)c1. The predicted octanol–water partition coefficient (Wildman–Crippen LogP) is 3.80. The lowest BCUT2D eigenvalue weighted by Gasteiger charge is -2.34. The Balaban J connectivity index is 1.25. The maximum Gasteiger partial charge on any atom is 0.260 e. The van der Waals surface area contributed by atoms with E-state index in [0.717, 1.165) is 24.3 Å². The van der Waals surface area contributed by atoms with Gasteiger partial charge in [-0.2, -0.15) is 0 Å². The molecule has 0 saturated carbocycles. The number of hydrogen-bond acceptors (Lipinski definition) is 4. The number of piperazine rings is 1. The Bertz CT molecular complexity index is 1080. The molecule has 33 heavy (non-hydrogen) atoms. The number of halogens is 1. The third-order valence-electron chi connectivity index (χ3n) is 5.53. The fraction of sp³-hybridized carbons (Fsp3) is 0.231. The van der Waals surface area contributed by atoms with E-state index in [-0.39, 0.29) is 24.2 Å². The van der Waals surface area contributed by atoms with Crippen molar-refractivity contribution in [2.75, 3.05) is 38.1 Å². The molecule has 3 aromatic carbocycles. The maximum atomic E-state index is 13.0. The first-order valence-corrected chi connectivity index (χ1v) is 10.9. The van der Waals surface area contributed by atoms with Crippen LogP contribution in [0.1, 0.15) is 15.9 Å². The lowest BCUT2D eigenvalue weighted by Crippen LogP contribution is -2.49. The van der Waals surface area contributed by atoms with Gasteiger partial charge in [0.05, 0.1) is 0 Å². The second-order valence-corrected chi connectivity index (χ2v) is 7.92. The first-order valence-electron chi connectivity index (χ1n) is 10.9. The quantitative estimate of drug-likeness (QED) is 0.599. The summed E-state index contributed by atoms with van der Waals surface area (Å²) >= 11 is 0. The summed E-state index contributed by atoms with van der Waals surface area (Å²) in [6.45, 7) is 3.34. The summed E-state index contributed by atoms with van der Waals surface area (Å²) in [5, 5.41) is 2.91. The van der Waals surface area contributed by atoms with Crippen molar-refractivity contribution >= 4 is 17.5 Å². The van der Waals surface area contributed by atoms with E-state index < -0.39 is 0 Å². The third-order valence-corrected chi connectivity index (χ3v) is 5.53. The highest BCUT2D eigenvalue weighted by molar-refractivity contribution is 6.04. The molecule has 1 aliphatic heterocycles. The number of amides is 2. The predicted molar refractivity (Wildman–Crippen MR) is 125 cm³/mol. The second kappa shape index (κ2) is 10.7. The molecule has 1 heterocycles. The van der Waals surface area contributed by atoms with Gasteiger partial charge in [-0.25, -0.2) is 4.39 Å². The van der Waals surface area contributed by atoms with Gasteiger partial charge in [-0.1, -0.05) is 30.3 Å². The van der Waals surface area contributed by atoms with E-state index >= 15 is 0 Å². The van der Waals surface area contributed by atoms with Crippen LogP contribution in [0.3, 0.4) is 0 Å². The van der Waals surface area contributed by atoms with Crippen molar-refractivity contribution in [2.45, 2.75) is 6.54 Å². The van der Waals surface area contributed by atoms with Crippen molar-refractivity contribution in [2.24, 2.45) is 0 Å². The molecule has 0 spiro atoms. The minimum Gasteiger partial charge on any atom is -0.484 e. The molecule has 3 aromatic rings. The van der Waals surface area contributed by atoms with Gasteiger partial charge in [0.15, 0.2) is 6.61 Å². The number of para-hydroxylation sites is 1. The van der Waals surface area contributed by atoms with E-state index in [1.54, 1.807) is 11.0 Å². The van der Waals surface area contributed by atoms with Gasteiger partial charge in [0, 0.05) is 44.0 Å². The van der Waals surface area contributed by atoms with Crippen molar-refractivity contribution < 1.29 is 18.7 Å². The summed E-state index contributed by atoms with van der Waals surface area (Å²) < 4.78 is 18.4. The fourth-order valence-corrected chi connectivity index (χ4v) is 3.72. The second-order valence-electron chi connectivity index (χ2n) is 7.92. The molecule has 0 aliphatic carbocycles. The van der Waals surface area contributed by atoms with Crippen molar-refractivity contribution in [3.63, 3.8) is 0 Å². The molecule has 6 nitrogen and oxygen atoms in total. The topological polar surface area (TPSA) is 61.9 Å². The largest absolute Gasteiger partial charge is 0.484 e. The number of ether oxygens (including phenoxy) is 1. The van der Waals surface area contributed by atoms with Gasteiger partial charge in [0.1, 0.15) is 11.6 Å². The van der Waals surface area contributed by atoms with Crippen LogP contribution in [-0.2, 0) is 11.3 Å². The van der Waals surface area contributed by atoms with Crippen LogP contribution in [-0.4, -0.2) is 54.4 Å². The monoisotopic (exact) mass is 447 g/mol. The lowest BCUT2D eigenvalue weighted by atomic mass is 10.1. The summed E-state index contributed by atoms with van der Waals surface area (Å²) in [7, 11) is 0. The van der Waals surface area contributed by atoms with Crippen LogP contribution >= 0.6 is 0 Å². The Kier molecular flexibility index (Phi) is 7.32. The smallest absolute Gasteiger partial charge is 0.260 e. The van der Waals surface area contributed by atoms with Crippen molar-refractivity contribution in [1.29, 1.82) is 0 Å². The Labute approximate surface area is 192 Å².